The summed E-state index contributed by atoms with van der Waals surface area (Å²) in [5.74, 6) is -3.71. The van der Waals surface area contributed by atoms with Gasteiger partial charge in [0.1, 0.15) is 0 Å². The summed E-state index contributed by atoms with van der Waals surface area (Å²) in [6.45, 7) is 0.0185. The lowest BCUT2D eigenvalue weighted by Gasteiger charge is -2.07. The van der Waals surface area contributed by atoms with Crippen molar-refractivity contribution in [1.29, 1.82) is 0 Å². The Bertz CT molecular complexity index is 498. The maximum atomic E-state index is 12.9. The minimum absolute atomic E-state index is 0.0185. The Morgan fingerprint density at radius 2 is 2.00 bits per heavy atom. The highest BCUT2D eigenvalue weighted by molar-refractivity contribution is 8.00. The van der Waals surface area contributed by atoms with Gasteiger partial charge in [0.2, 0.25) is 5.91 Å². The topological polar surface area (TPSA) is 86.6 Å². The number of carboxylic acid groups (broad SMARTS) is 1. The zero-order valence-electron chi connectivity index (χ0n) is 10.3. The van der Waals surface area contributed by atoms with E-state index in [1.165, 1.54) is 6.07 Å². The van der Waals surface area contributed by atoms with Crippen molar-refractivity contribution in [2.75, 3.05) is 12.3 Å². The SMILES string of the molecule is O=C(CSc1ccc(F)c(F)c1)NCCC(O)C(=O)O. The summed E-state index contributed by atoms with van der Waals surface area (Å²) in [5.41, 5.74) is 0. The molecular weight excluding hydrogens is 292 g/mol. The normalized spacial score (nSPS) is 11.9. The van der Waals surface area contributed by atoms with E-state index in [9.17, 15) is 18.4 Å². The molecule has 1 amide bonds. The standard InChI is InChI=1S/C12H13F2NO4S/c13-8-2-1-7(5-9(8)14)20-6-11(17)15-4-3-10(16)12(18)19/h1-2,5,10,16H,3-4,6H2,(H,15,17)(H,18,19). The largest absolute Gasteiger partial charge is 0.479 e. The van der Waals surface area contributed by atoms with Crippen LogP contribution >= 0.6 is 11.8 Å². The number of hydrogen-bond donors (Lipinski definition) is 3. The first-order chi connectivity index (χ1) is 9.40. The number of carbonyl (C=O) groups excluding carboxylic acids is 1. The number of benzene rings is 1. The number of carbonyl (C=O) groups is 2. The summed E-state index contributed by atoms with van der Waals surface area (Å²) in [4.78, 5) is 22.1. The molecule has 0 saturated heterocycles. The molecule has 110 valence electrons. The van der Waals surface area contributed by atoms with Gasteiger partial charge < -0.3 is 15.5 Å². The third-order valence-electron chi connectivity index (χ3n) is 2.29. The number of aliphatic hydroxyl groups excluding tert-OH is 1. The van der Waals surface area contributed by atoms with Crippen molar-refractivity contribution in [3.63, 3.8) is 0 Å². The molecule has 0 saturated carbocycles. The van der Waals surface area contributed by atoms with Gasteiger partial charge in [0.15, 0.2) is 17.7 Å². The van der Waals surface area contributed by atoms with Gasteiger partial charge >= 0.3 is 5.97 Å². The number of aliphatic carboxylic acids is 1. The highest BCUT2D eigenvalue weighted by Crippen LogP contribution is 2.19. The zero-order valence-corrected chi connectivity index (χ0v) is 11.1. The lowest BCUT2D eigenvalue weighted by Crippen LogP contribution is -2.31. The number of carboxylic acids is 1. The van der Waals surface area contributed by atoms with Crippen molar-refractivity contribution in [3.05, 3.63) is 29.8 Å². The second kappa shape index (κ2) is 7.81. The first-order valence-corrected chi connectivity index (χ1v) is 6.64. The van der Waals surface area contributed by atoms with Gasteiger partial charge in [0.25, 0.3) is 0 Å². The Morgan fingerprint density at radius 1 is 1.30 bits per heavy atom. The van der Waals surface area contributed by atoms with Crippen LogP contribution in [-0.2, 0) is 9.59 Å². The highest BCUT2D eigenvalue weighted by Gasteiger charge is 2.13. The third-order valence-corrected chi connectivity index (χ3v) is 3.28. The molecule has 1 unspecified atom stereocenters. The number of thioether (sulfide) groups is 1. The predicted octanol–water partition coefficient (Wildman–Crippen LogP) is 1.01. The van der Waals surface area contributed by atoms with E-state index in [-0.39, 0.29) is 18.7 Å². The molecule has 8 heteroatoms. The van der Waals surface area contributed by atoms with Crippen LogP contribution in [0, 0.1) is 11.6 Å². The van der Waals surface area contributed by atoms with Crippen LogP contribution in [0.2, 0.25) is 0 Å². The van der Waals surface area contributed by atoms with Gasteiger partial charge in [0.05, 0.1) is 5.75 Å². The molecule has 0 aliphatic rings. The number of aliphatic hydroxyl groups is 1. The summed E-state index contributed by atoms with van der Waals surface area (Å²) in [5, 5.41) is 19.8. The van der Waals surface area contributed by atoms with E-state index in [0.717, 1.165) is 23.9 Å². The summed E-state index contributed by atoms with van der Waals surface area (Å²) in [6.07, 6.45) is -1.62. The molecule has 5 nitrogen and oxygen atoms in total. The number of rotatable bonds is 7. The van der Waals surface area contributed by atoms with Crippen molar-refractivity contribution in [1.82, 2.24) is 5.32 Å². The molecule has 0 aliphatic heterocycles. The second-order valence-electron chi connectivity index (χ2n) is 3.86. The second-order valence-corrected chi connectivity index (χ2v) is 4.91. The predicted molar refractivity (Wildman–Crippen MR) is 68.4 cm³/mol. The fourth-order valence-corrected chi connectivity index (χ4v) is 1.99. The first kappa shape index (κ1) is 16.4. The summed E-state index contributed by atoms with van der Waals surface area (Å²) in [7, 11) is 0. The fourth-order valence-electron chi connectivity index (χ4n) is 1.24. The lowest BCUT2D eigenvalue weighted by molar-refractivity contribution is -0.147. The highest BCUT2D eigenvalue weighted by atomic mass is 32.2. The minimum Gasteiger partial charge on any atom is -0.479 e. The van der Waals surface area contributed by atoms with Crippen LogP contribution in [0.1, 0.15) is 6.42 Å². The van der Waals surface area contributed by atoms with E-state index in [1.807, 2.05) is 0 Å². The minimum atomic E-state index is -1.52. The van der Waals surface area contributed by atoms with Crippen molar-refractivity contribution in [2.45, 2.75) is 17.4 Å². The van der Waals surface area contributed by atoms with Gasteiger partial charge in [-0.15, -0.1) is 11.8 Å². The third kappa shape index (κ3) is 5.54. The maximum absolute atomic E-state index is 12.9. The number of hydrogen-bond acceptors (Lipinski definition) is 4. The Morgan fingerprint density at radius 3 is 2.60 bits per heavy atom. The average molecular weight is 305 g/mol. The van der Waals surface area contributed by atoms with E-state index < -0.39 is 29.6 Å². The molecule has 3 N–H and O–H groups in total. The molecule has 0 heterocycles. The molecule has 20 heavy (non-hydrogen) atoms. The fraction of sp³-hybridized carbons (Fsp3) is 0.333. The monoisotopic (exact) mass is 305 g/mol. The Labute approximate surface area is 118 Å². The molecule has 0 fully saturated rings. The maximum Gasteiger partial charge on any atom is 0.332 e. The quantitative estimate of drug-likeness (QED) is 0.655. The van der Waals surface area contributed by atoms with Gasteiger partial charge in [-0.1, -0.05) is 0 Å². The van der Waals surface area contributed by atoms with Gasteiger partial charge in [-0.05, 0) is 18.2 Å². The van der Waals surface area contributed by atoms with Crippen LogP contribution in [0.25, 0.3) is 0 Å². The summed E-state index contributed by atoms with van der Waals surface area (Å²) >= 11 is 1.02. The van der Waals surface area contributed by atoms with Crippen molar-refractivity contribution in [2.24, 2.45) is 0 Å². The summed E-state index contributed by atoms with van der Waals surface area (Å²) in [6, 6.07) is 3.31. The Kier molecular flexibility index (Phi) is 6.40. The first-order valence-electron chi connectivity index (χ1n) is 5.65. The van der Waals surface area contributed by atoms with Crippen LogP contribution in [0.3, 0.4) is 0 Å². The van der Waals surface area contributed by atoms with E-state index >= 15 is 0 Å². The van der Waals surface area contributed by atoms with Crippen molar-refractivity contribution < 1.29 is 28.6 Å². The molecule has 0 bridgehead atoms. The van der Waals surface area contributed by atoms with Gasteiger partial charge in [-0.2, -0.15) is 0 Å². The van der Waals surface area contributed by atoms with Gasteiger partial charge in [0, 0.05) is 17.9 Å². The average Bonchev–Trinajstić information content (AvgIpc) is 2.40. The van der Waals surface area contributed by atoms with E-state index in [0.29, 0.717) is 4.90 Å². The molecule has 0 spiro atoms. The van der Waals surface area contributed by atoms with Crippen LogP contribution in [0.4, 0.5) is 8.78 Å². The van der Waals surface area contributed by atoms with Crippen molar-refractivity contribution >= 4 is 23.6 Å². The summed E-state index contributed by atoms with van der Waals surface area (Å²) < 4.78 is 25.6. The van der Waals surface area contributed by atoms with Crippen LogP contribution in [0.15, 0.2) is 23.1 Å². The molecule has 1 atom stereocenters. The number of halogens is 2. The molecule has 0 radical (unpaired) electrons. The van der Waals surface area contributed by atoms with Crippen molar-refractivity contribution in [3.8, 4) is 0 Å². The van der Waals surface area contributed by atoms with Gasteiger partial charge in [-0.25, -0.2) is 13.6 Å². The molecule has 1 aromatic rings. The van der Waals surface area contributed by atoms with Crippen LogP contribution in [0.5, 0.6) is 0 Å². The molecular formula is C12H13F2NO4S. The lowest BCUT2D eigenvalue weighted by atomic mass is 10.2. The molecule has 0 aromatic heterocycles. The van der Waals surface area contributed by atoms with Gasteiger partial charge in [-0.3, -0.25) is 4.79 Å². The van der Waals surface area contributed by atoms with E-state index in [4.69, 9.17) is 10.2 Å². The van der Waals surface area contributed by atoms with Crippen LogP contribution in [-0.4, -0.2) is 40.5 Å². The van der Waals surface area contributed by atoms with E-state index in [1.54, 1.807) is 0 Å². The van der Waals surface area contributed by atoms with Crippen LogP contribution < -0.4 is 5.32 Å². The number of amides is 1. The Hall–Kier alpha value is -1.67. The molecule has 1 rings (SSSR count). The smallest absolute Gasteiger partial charge is 0.332 e. The Balaban J connectivity index is 2.29. The molecule has 0 aliphatic carbocycles. The van der Waals surface area contributed by atoms with E-state index in [2.05, 4.69) is 5.32 Å². The number of nitrogens with one attached hydrogen (secondary N) is 1. The molecule has 1 aromatic carbocycles. The zero-order chi connectivity index (χ0) is 15.1.